The second-order valence-corrected chi connectivity index (χ2v) is 6.50. The van der Waals surface area contributed by atoms with Gasteiger partial charge >= 0.3 is 0 Å². The second-order valence-electron chi connectivity index (χ2n) is 6.50. The van der Waals surface area contributed by atoms with Gasteiger partial charge in [0.05, 0.1) is 12.5 Å². The molecule has 2 heterocycles. The second kappa shape index (κ2) is 6.20. The zero-order valence-corrected chi connectivity index (χ0v) is 12.1. The molecule has 5 heteroatoms. The number of aliphatic hydroxyl groups excluding tert-OH is 1. The minimum absolute atomic E-state index is 0.0806. The number of carbonyl (C=O) groups is 1. The van der Waals surface area contributed by atoms with Gasteiger partial charge in [-0.3, -0.25) is 4.79 Å². The van der Waals surface area contributed by atoms with E-state index >= 15 is 0 Å². The summed E-state index contributed by atoms with van der Waals surface area (Å²) in [6.07, 6.45) is 0.423. The Morgan fingerprint density at radius 2 is 1.89 bits per heavy atom. The first-order valence-corrected chi connectivity index (χ1v) is 7.33. The molecule has 2 fully saturated rings. The van der Waals surface area contributed by atoms with Crippen molar-refractivity contribution in [3.63, 3.8) is 0 Å². The fourth-order valence-electron chi connectivity index (χ4n) is 3.49. The van der Waals surface area contributed by atoms with Crippen LogP contribution in [0.1, 0.15) is 19.8 Å². The Bertz CT molecular complexity index is 310. The lowest BCUT2D eigenvalue weighted by molar-refractivity contribution is -0.120. The Hall–Kier alpha value is -0.650. The van der Waals surface area contributed by atoms with Crippen LogP contribution in [0, 0.1) is 17.8 Å². The van der Waals surface area contributed by atoms with Crippen molar-refractivity contribution in [1.82, 2.24) is 9.80 Å². The molecule has 110 valence electrons. The number of carbonyl (C=O) groups excluding carboxylic acids is 1. The fraction of sp³-hybridized carbons (Fsp3) is 0.929. The van der Waals surface area contributed by atoms with Crippen LogP contribution in [0.3, 0.4) is 0 Å². The Labute approximate surface area is 115 Å². The van der Waals surface area contributed by atoms with Gasteiger partial charge in [0.25, 0.3) is 0 Å². The smallest absolute Gasteiger partial charge is 0.220 e. The number of hydrogen-bond acceptors (Lipinski definition) is 4. The van der Waals surface area contributed by atoms with E-state index in [9.17, 15) is 9.90 Å². The van der Waals surface area contributed by atoms with Crippen molar-refractivity contribution in [3.8, 4) is 0 Å². The SMILES string of the molecule is C[C@H](CCN1C[C@H]2CN(C)C[C@H]2C1)[C@@H](O)CC(N)=O. The van der Waals surface area contributed by atoms with Gasteiger partial charge in [0.15, 0.2) is 0 Å². The molecule has 19 heavy (non-hydrogen) atoms. The highest BCUT2D eigenvalue weighted by Gasteiger charge is 2.38. The van der Waals surface area contributed by atoms with Crippen LogP contribution in [0.25, 0.3) is 0 Å². The van der Waals surface area contributed by atoms with Gasteiger partial charge in [-0.1, -0.05) is 6.92 Å². The molecule has 2 aliphatic rings. The molecule has 5 nitrogen and oxygen atoms in total. The summed E-state index contributed by atoms with van der Waals surface area (Å²) in [6, 6.07) is 0. The summed E-state index contributed by atoms with van der Waals surface area (Å²) in [5, 5.41) is 9.83. The van der Waals surface area contributed by atoms with E-state index < -0.39 is 12.0 Å². The Morgan fingerprint density at radius 1 is 1.32 bits per heavy atom. The summed E-state index contributed by atoms with van der Waals surface area (Å²) >= 11 is 0. The Balaban J connectivity index is 1.68. The number of nitrogens with zero attached hydrogens (tertiary/aromatic N) is 2. The van der Waals surface area contributed by atoms with Crippen molar-refractivity contribution in [2.75, 3.05) is 39.8 Å². The third-order valence-corrected chi connectivity index (χ3v) is 4.71. The Morgan fingerprint density at radius 3 is 2.42 bits per heavy atom. The van der Waals surface area contributed by atoms with Crippen LogP contribution in [-0.2, 0) is 4.79 Å². The van der Waals surface area contributed by atoms with Crippen LogP contribution in [-0.4, -0.2) is 66.7 Å². The van der Waals surface area contributed by atoms with Crippen molar-refractivity contribution in [2.45, 2.75) is 25.9 Å². The number of fused-ring (bicyclic) bond motifs is 1. The molecule has 0 aromatic heterocycles. The number of nitrogens with two attached hydrogens (primary N) is 1. The molecule has 0 unspecified atom stereocenters. The Kier molecular flexibility index (Phi) is 4.81. The largest absolute Gasteiger partial charge is 0.392 e. The number of hydrogen-bond donors (Lipinski definition) is 2. The third kappa shape index (κ3) is 3.91. The molecule has 2 saturated heterocycles. The molecule has 3 N–H and O–H groups in total. The van der Waals surface area contributed by atoms with E-state index in [0.717, 1.165) is 24.8 Å². The lowest BCUT2D eigenvalue weighted by Gasteiger charge is -2.23. The van der Waals surface area contributed by atoms with Crippen molar-refractivity contribution in [2.24, 2.45) is 23.5 Å². The highest BCUT2D eigenvalue weighted by atomic mass is 16.3. The van der Waals surface area contributed by atoms with Gasteiger partial charge in [-0.05, 0) is 37.8 Å². The van der Waals surface area contributed by atoms with E-state index in [1.54, 1.807) is 0 Å². The summed E-state index contributed by atoms with van der Waals surface area (Å²) in [7, 11) is 2.20. The van der Waals surface area contributed by atoms with Gasteiger partial charge in [-0.2, -0.15) is 0 Å². The first kappa shape index (κ1) is 14.8. The van der Waals surface area contributed by atoms with Gasteiger partial charge in [0.1, 0.15) is 0 Å². The third-order valence-electron chi connectivity index (χ3n) is 4.71. The molecule has 0 aromatic rings. The van der Waals surface area contributed by atoms with E-state index in [0.29, 0.717) is 0 Å². The van der Waals surface area contributed by atoms with E-state index in [1.807, 2.05) is 6.92 Å². The first-order chi connectivity index (χ1) is 8.95. The molecule has 0 aromatic carbocycles. The van der Waals surface area contributed by atoms with E-state index in [4.69, 9.17) is 5.73 Å². The van der Waals surface area contributed by atoms with E-state index in [2.05, 4.69) is 16.8 Å². The molecule has 4 atom stereocenters. The fourth-order valence-corrected chi connectivity index (χ4v) is 3.49. The predicted octanol–water partition coefficient (Wildman–Crippen LogP) is -0.258. The number of aliphatic hydroxyl groups is 1. The molecule has 2 aliphatic heterocycles. The number of likely N-dealkylation sites (tertiary alicyclic amines) is 2. The molecular formula is C14H27N3O2. The summed E-state index contributed by atoms with van der Waals surface area (Å²) in [6.45, 7) is 7.84. The molecule has 0 saturated carbocycles. The zero-order chi connectivity index (χ0) is 14.0. The van der Waals surface area contributed by atoms with Crippen molar-refractivity contribution >= 4 is 5.91 Å². The lowest BCUT2D eigenvalue weighted by atomic mass is 9.98. The lowest BCUT2D eigenvalue weighted by Crippen LogP contribution is -2.31. The quantitative estimate of drug-likeness (QED) is 0.697. The van der Waals surface area contributed by atoms with Gasteiger partial charge in [0, 0.05) is 26.2 Å². The van der Waals surface area contributed by atoms with Crippen LogP contribution in [0.15, 0.2) is 0 Å². The normalized spacial score (nSPS) is 31.3. The maximum Gasteiger partial charge on any atom is 0.220 e. The minimum atomic E-state index is -0.592. The average molecular weight is 269 g/mol. The molecule has 2 rings (SSSR count). The highest BCUT2D eigenvalue weighted by molar-refractivity contribution is 5.74. The number of rotatable bonds is 6. The van der Waals surface area contributed by atoms with Gasteiger partial charge in [0.2, 0.25) is 5.91 Å². The summed E-state index contributed by atoms with van der Waals surface area (Å²) in [5.41, 5.74) is 5.11. The van der Waals surface area contributed by atoms with Crippen molar-refractivity contribution in [1.29, 1.82) is 0 Å². The van der Waals surface area contributed by atoms with Crippen molar-refractivity contribution < 1.29 is 9.90 Å². The van der Waals surface area contributed by atoms with Crippen LogP contribution in [0.5, 0.6) is 0 Å². The van der Waals surface area contributed by atoms with Gasteiger partial charge < -0.3 is 20.6 Å². The minimum Gasteiger partial charge on any atom is -0.392 e. The average Bonchev–Trinajstić information content (AvgIpc) is 2.81. The summed E-state index contributed by atoms with van der Waals surface area (Å²) in [5.74, 6) is 1.38. The molecular weight excluding hydrogens is 242 g/mol. The van der Waals surface area contributed by atoms with Crippen LogP contribution < -0.4 is 5.73 Å². The van der Waals surface area contributed by atoms with Crippen LogP contribution in [0.4, 0.5) is 0 Å². The molecule has 1 amide bonds. The highest BCUT2D eigenvalue weighted by Crippen LogP contribution is 2.30. The van der Waals surface area contributed by atoms with Crippen molar-refractivity contribution in [3.05, 3.63) is 0 Å². The monoisotopic (exact) mass is 269 g/mol. The van der Waals surface area contributed by atoms with Crippen LogP contribution >= 0.6 is 0 Å². The predicted molar refractivity (Wildman–Crippen MR) is 74.5 cm³/mol. The van der Waals surface area contributed by atoms with E-state index in [-0.39, 0.29) is 12.3 Å². The number of primary amides is 1. The molecule has 0 aliphatic carbocycles. The summed E-state index contributed by atoms with van der Waals surface area (Å²) in [4.78, 5) is 15.7. The first-order valence-electron chi connectivity index (χ1n) is 7.33. The van der Waals surface area contributed by atoms with Gasteiger partial charge in [-0.15, -0.1) is 0 Å². The molecule has 0 radical (unpaired) electrons. The maximum atomic E-state index is 10.8. The zero-order valence-electron chi connectivity index (χ0n) is 12.1. The summed E-state index contributed by atoms with van der Waals surface area (Å²) < 4.78 is 0. The van der Waals surface area contributed by atoms with Gasteiger partial charge in [-0.25, -0.2) is 0 Å². The van der Waals surface area contributed by atoms with Crippen LogP contribution in [0.2, 0.25) is 0 Å². The topological polar surface area (TPSA) is 69.8 Å². The maximum absolute atomic E-state index is 10.8. The molecule has 0 bridgehead atoms. The number of amides is 1. The standard InChI is InChI=1S/C14H27N3O2/c1-10(13(18)5-14(15)19)3-4-17-8-11-6-16(2)7-12(11)9-17/h10-13,18H,3-9H2,1-2H3,(H2,15,19)/t10-,11-,12+,13+/m1/s1. The van der Waals surface area contributed by atoms with E-state index in [1.165, 1.54) is 26.2 Å². The molecule has 0 spiro atoms.